The third-order valence-electron chi connectivity index (χ3n) is 3.80. The lowest BCUT2D eigenvalue weighted by Gasteiger charge is -2.06. The molecule has 0 saturated carbocycles. The van der Waals surface area contributed by atoms with Crippen LogP contribution in [-0.2, 0) is 13.1 Å². The minimum atomic E-state index is 0.920. The molecule has 0 saturated heterocycles. The topological polar surface area (TPSA) is 29.9 Å². The number of aryl methyl sites for hydroxylation is 1. The van der Waals surface area contributed by atoms with Crippen molar-refractivity contribution in [1.82, 2.24) is 15.1 Å². The second kappa shape index (κ2) is 10.0. The lowest BCUT2D eigenvalue weighted by atomic mass is 10.1. The van der Waals surface area contributed by atoms with Crippen molar-refractivity contribution >= 4 is 0 Å². The van der Waals surface area contributed by atoms with Gasteiger partial charge in [-0.3, -0.25) is 4.68 Å². The molecule has 1 rings (SSSR count). The second-order valence-electron chi connectivity index (χ2n) is 5.48. The van der Waals surface area contributed by atoms with E-state index in [4.69, 9.17) is 0 Å². The summed E-state index contributed by atoms with van der Waals surface area (Å²) in [5.41, 5.74) is 2.64. The monoisotopic (exact) mass is 265 g/mol. The summed E-state index contributed by atoms with van der Waals surface area (Å²) in [7, 11) is 1.98. The molecular formula is C16H31N3. The molecule has 0 aromatic carbocycles. The van der Waals surface area contributed by atoms with Crippen LogP contribution in [-0.4, -0.2) is 16.8 Å². The number of hydrogen-bond acceptors (Lipinski definition) is 2. The molecule has 3 nitrogen and oxygen atoms in total. The Labute approximate surface area is 118 Å². The minimum Gasteiger partial charge on any atom is -0.316 e. The lowest BCUT2D eigenvalue weighted by molar-refractivity contribution is 0.513. The fourth-order valence-electron chi connectivity index (χ4n) is 2.47. The number of unbranched alkanes of at least 4 members (excludes halogenated alkanes) is 7. The van der Waals surface area contributed by atoms with Crippen LogP contribution >= 0.6 is 0 Å². The van der Waals surface area contributed by atoms with Gasteiger partial charge in [-0.05, 0) is 20.4 Å². The van der Waals surface area contributed by atoms with Crippen LogP contribution in [0, 0.1) is 6.92 Å². The summed E-state index contributed by atoms with van der Waals surface area (Å²) in [6.07, 6.45) is 13.0. The molecule has 1 N–H and O–H groups in total. The van der Waals surface area contributed by atoms with Gasteiger partial charge >= 0.3 is 0 Å². The Morgan fingerprint density at radius 1 is 1.05 bits per heavy atom. The number of nitrogens with one attached hydrogen (secondary N) is 1. The van der Waals surface area contributed by atoms with E-state index in [-0.39, 0.29) is 0 Å². The molecule has 0 amide bonds. The Balaban J connectivity index is 2.09. The van der Waals surface area contributed by atoms with Crippen molar-refractivity contribution < 1.29 is 0 Å². The molecule has 0 radical (unpaired) electrons. The van der Waals surface area contributed by atoms with Crippen molar-refractivity contribution in [2.45, 2.75) is 78.3 Å². The molecule has 0 aliphatic rings. The highest BCUT2D eigenvalue weighted by atomic mass is 15.3. The van der Waals surface area contributed by atoms with E-state index in [9.17, 15) is 0 Å². The van der Waals surface area contributed by atoms with E-state index < -0.39 is 0 Å². The molecule has 0 fully saturated rings. The van der Waals surface area contributed by atoms with E-state index >= 15 is 0 Å². The molecule has 0 bridgehead atoms. The minimum absolute atomic E-state index is 0.920. The van der Waals surface area contributed by atoms with Crippen LogP contribution in [0.1, 0.15) is 69.5 Å². The van der Waals surface area contributed by atoms with Gasteiger partial charge in [0.25, 0.3) is 0 Å². The van der Waals surface area contributed by atoms with Crippen LogP contribution in [0.25, 0.3) is 0 Å². The zero-order valence-electron chi connectivity index (χ0n) is 13.0. The highest BCUT2D eigenvalue weighted by Gasteiger charge is 2.04. The molecule has 0 unspecified atom stereocenters. The van der Waals surface area contributed by atoms with Crippen LogP contribution in [0.5, 0.6) is 0 Å². The third-order valence-corrected chi connectivity index (χ3v) is 3.80. The molecule has 0 aliphatic heterocycles. The second-order valence-corrected chi connectivity index (χ2v) is 5.48. The number of nitrogens with zero attached hydrogens (tertiary/aromatic N) is 2. The van der Waals surface area contributed by atoms with Crippen molar-refractivity contribution in [2.75, 3.05) is 7.05 Å². The summed E-state index contributed by atoms with van der Waals surface area (Å²) in [6.45, 7) is 6.44. The maximum atomic E-state index is 4.47. The fraction of sp³-hybridized carbons (Fsp3) is 0.812. The molecular weight excluding hydrogens is 234 g/mol. The first kappa shape index (κ1) is 16.2. The molecule has 19 heavy (non-hydrogen) atoms. The summed E-state index contributed by atoms with van der Waals surface area (Å²) in [6, 6.07) is 0. The summed E-state index contributed by atoms with van der Waals surface area (Å²) < 4.78 is 2.16. The summed E-state index contributed by atoms with van der Waals surface area (Å²) in [5.74, 6) is 0. The predicted octanol–water partition coefficient (Wildman–Crippen LogP) is 4.05. The van der Waals surface area contributed by atoms with Crippen LogP contribution in [0.4, 0.5) is 0 Å². The Kier molecular flexibility index (Phi) is 8.55. The van der Waals surface area contributed by atoms with Gasteiger partial charge in [0.2, 0.25) is 0 Å². The number of hydrogen-bond donors (Lipinski definition) is 1. The molecule has 1 aromatic heterocycles. The highest BCUT2D eigenvalue weighted by molar-refractivity contribution is 5.15. The van der Waals surface area contributed by atoms with Gasteiger partial charge in [0.05, 0.1) is 6.20 Å². The van der Waals surface area contributed by atoms with E-state index in [0.717, 1.165) is 13.1 Å². The Morgan fingerprint density at radius 3 is 2.32 bits per heavy atom. The van der Waals surface area contributed by atoms with Crippen molar-refractivity contribution in [2.24, 2.45) is 0 Å². The first-order valence-corrected chi connectivity index (χ1v) is 7.95. The van der Waals surface area contributed by atoms with Crippen LogP contribution in [0.15, 0.2) is 6.20 Å². The Hall–Kier alpha value is -0.830. The highest BCUT2D eigenvalue weighted by Crippen LogP contribution is 2.11. The van der Waals surface area contributed by atoms with Crippen LogP contribution < -0.4 is 5.32 Å². The normalized spacial score (nSPS) is 11.1. The summed E-state index contributed by atoms with van der Waals surface area (Å²) in [4.78, 5) is 0. The van der Waals surface area contributed by atoms with Gasteiger partial charge < -0.3 is 5.32 Å². The van der Waals surface area contributed by atoms with E-state index in [1.54, 1.807) is 0 Å². The Morgan fingerprint density at radius 2 is 1.68 bits per heavy atom. The van der Waals surface area contributed by atoms with Crippen molar-refractivity contribution in [3.63, 3.8) is 0 Å². The third kappa shape index (κ3) is 6.24. The zero-order valence-corrected chi connectivity index (χ0v) is 13.0. The SMILES string of the molecule is CCCCCCCCCCn1ncc(CNC)c1C. The van der Waals surface area contributed by atoms with E-state index in [0.29, 0.717) is 0 Å². The van der Waals surface area contributed by atoms with Gasteiger partial charge in [-0.2, -0.15) is 5.10 Å². The van der Waals surface area contributed by atoms with Crippen molar-refractivity contribution in [1.29, 1.82) is 0 Å². The summed E-state index contributed by atoms with van der Waals surface area (Å²) >= 11 is 0. The Bertz CT molecular complexity index is 331. The molecule has 0 atom stereocenters. The van der Waals surface area contributed by atoms with Crippen LogP contribution in [0.2, 0.25) is 0 Å². The van der Waals surface area contributed by atoms with E-state index in [1.807, 2.05) is 13.2 Å². The van der Waals surface area contributed by atoms with E-state index in [2.05, 4.69) is 28.9 Å². The molecule has 3 heteroatoms. The smallest absolute Gasteiger partial charge is 0.0537 e. The van der Waals surface area contributed by atoms with E-state index in [1.165, 1.54) is 62.6 Å². The van der Waals surface area contributed by atoms with Gasteiger partial charge in [0.15, 0.2) is 0 Å². The van der Waals surface area contributed by atoms with Gasteiger partial charge in [-0.15, -0.1) is 0 Å². The maximum absolute atomic E-state index is 4.47. The number of aromatic nitrogens is 2. The number of rotatable bonds is 11. The predicted molar refractivity (Wildman–Crippen MR) is 82.3 cm³/mol. The quantitative estimate of drug-likeness (QED) is 0.612. The van der Waals surface area contributed by atoms with Gasteiger partial charge in [-0.25, -0.2) is 0 Å². The van der Waals surface area contributed by atoms with Crippen LogP contribution in [0.3, 0.4) is 0 Å². The average molecular weight is 265 g/mol. The fourth-order valence-corrected chi connectivity index (χ4v) is 2.47. The van der Waals surface area contributed by atoms with Gasteiger partial charge in [-0.1, -0.05) is 51.9 Å². The molecule has 110 valence electrons. The molecule has 0 aliphatic carbocycles. The standard InChI is InChI=1S/C16H31N3/c1-4-5-6-7-8-9-10-11-12-19-15(2)16(13-17-3)14-18-19/h14,17H,4-13H2,1-3H3. The summed E-state index contributed by atoms with van der Waals surface area (Å²) in [5, 5.41) is 7.65. The zero-order chi connectivity index (χ0) is 13.9. The lowest BCUT2D eigenvalue weighted by Crippen LogP contribution is -2.07. The molecule has 1 aromatic rings. The largest absolute Gasteiger partial charge is 0.316 e. The van der Waals surface area contributed by atoms with Crippen molar-refractivity contribution in [3.8, 4) is 0 Å². The molecule has 0 spiro atoms. The molecule has 1 heterocycles. The first-order valence-electron chi connectivity index (χ1n) is 7.95. The van der Waals surface area contributed by atoms with Gasteiger partial charge in [0, 0.05) is 24.3 Å². The van der Waals surface area contributed by atoms with Gasteiger partial charge in [0.1, 0.15) is 0 Å². The van der Waals surface area contributed by atoms with Crippen molar-refractivity contribution in [3.05, 3.63) is 17.5 Å². The first-order chi connectivity index (χ1) is 9.29. The average Bonchev–Trinajstić information content (AvgIpc) is 2.75. The maximum Gasteiger partial charge on any atom is 0.0537 e.